The molecule has 9 nitrogen and oxygen atoms in total. The Labute approximate surface area is 183 Å². The number of anilines is 1. The van der Waals surface area contributed by atoms with Crippen LogP contribution in [0.15, 0.2) is 41.3 Å². The number of carbonyl (C=O) groups is 1. The summed E-state index contributed by atoms with van der Waals surface area (Å²) in [7, 11) is 2.32. The zero-order valence-corrected chi connectivity index (χ0v) is 18.9. The van der Waals surface area contributed by atoms with Crippen LogP contribution in [0.4, 0.5) is 5.13 Å². The molecule has 164 valence electrons. The van der Waals surface area contributed by atoms with Gasteiger partial charge in [0.1, 0.15) is 0 Å². The first kappa shape index (κ1) is 22.5. The molecule has 0 radical (unpaired) electrons. The fraction of sp³-hybridized carbons (Fsp3) is 0.200. The maximum Gasteiger partial charge on any atom is 0.250 e. The highest BCUT2D eigenvalue weighted by molar-refractivity contribution is 7.89. The van der Waals surface area contributed by atoms with Crippen molar-refractivity contribution in [2.45, 2.75) is 4.90 Å². The van der Waals surface area contributed by atoms with Gasteiger partial charge >= 0.3 is 0 Å². The Balaban J connectivity index is 1.79. The molecule has 3 rings (SSSR count). The Morgan fingerprint density at radius 3 is 2.32 bits per heavy atom. The summed E-state index contributed by atoms with van der Waals surface area (Å²) in [5, 5.41) is 3.04. The highest BCUT2D eigenvalue weighted by Crippen LogP contribution is 2.38. The number of ether oxygens (including phenoxy) is 3. The van der Waals surface area contributed by atoms with E-state index >= 15 is 0 Å². The maximum absolute atomic E-state index is 12.3. The van der Waals surface area contributed by atoms with E-state index in [2.05, 4.69) is 15.0 Å². The maximum atomic E-state index is 12.3. The van der Waals surface area contributed by atoms with E-state index < -0.39 is 15.9 Å². The third kappa shape index (κ3) is 4.95. The summed E-state index contributed by atoms with van der Waals surface area (Å²) >= 11 is 1.18. The minimum atomic E-state index is -3.56. The van der Waals surface area contributed by atoms with Gasteiger partial charge in [-0.2, -0.15) is 0 Å². The van der Waals surface area contributed by atoms with Crippen LogP contribution in [-0.4, -0.2) is 47.7 Å². The summed E-state index contributed by atoms with van der Waals surface area (Å²) in [6.45, 7) is 0. The number of nitrogens with one attached hydrogen (secondary N) is 2. The van der Waals surface area contributed by atoms with Gasteiger partial charge in [-0.25, -0.2) is 18.1 Å². The third-order valence-electron chi connectivity index (χ3n) is 4.28. The first-order valence-electron chi connectivity index (χ1n) is 8.94. The summed E-state index contributed by atoms with van der Waals surface area (Å²) in [4.78, 5) is 16.8. The van der Waals surface area contributed by atoms with Gasteiger partial charge in [0.2, 0.25) is 21.7 Å². The van der Waals surface area contributed by atoms with E-state index in [4.69, 9.17) is 14.2 Å². The fourth-order valence-corrected chi connectivity index (χ4v) is 4.50. The monoisotopic (exact) mass is 463 g/mol. The van der Waals surface area contributed by atoms with Crippen molar-refractivity contribution in [3.63, 3.8) is 0 Å². The quantitative estimate of drug-likeness (QED) is 0.494. The smallest absolute Gasteiger partial charge is 0.250 e. The summed E-state index contributed by atoms with van der Waals surface area (Å²) in [5.74, 6) is 1.01. The number of amides is 1. The molecule has 31 heavy (non-hydrogen) atoms. The summed E-state index contributed by atoms with van der Waals surface area (Å²) in [5.41, 5.74) is 1.26. The number of nitrogens with zero attached hydrogens (tertiary/aromatic N) is 1. The van der Waals surface area contributed by atoms with E-state index in [9.17, 15) is 13.2 Å². The van der Waals surface area contributed by atoms with Gasteiger partial charge in [0.05, 0.1) is 36.4 Å². The van der Waals surface area contributed by atoms with Crippen molar-refractivity contribution in [2.75, 3.05) is 33.7 Å². The second-order valence-corrected chi connectivity index (χ2v) is 9.05. The van der Waals surface area contributed by atoms with Crippen LogP contribution in [0.3, 0.4) is 0 Å². The number of aromatic nitrogens is 1. The van der Waals surface area contributed by atoms with Crippen LogP contribution in [0.25, 0.3) is 16.3 Å². The highest BCUT2D eigenvalue weighted by atomic mass is 32.2. The number of hydrogen-bond donors (Lipinski definition) is 2. The molecular weight excluding hydrogens is 442 g/mol. The van der Waals surface area contributed by atoms with Crippen LogP contribution in [0.1, 0.15) is 5.56 Å². The van der Waals surface area contributed by atoms with E-state index in [-0.39, 0.29) is 4.90 Å². The number of fused-ring (bicyclic) bond motifs is 1. The van der Waals surface area contributed by atoms with Crippen LogP contribution < -0.4 is 24.2 Å². The van der Waals surface area contributed by atoms with Crippen molar-refractivity contribution in [1.82, 2.24) is 9.71 Å². The molecule has 3 aromatic rings. The number of rotatable bonds is 8. The molecule has 2 aromatic carbocycles. The average Bonchev–Trinajstić information content (AvgIpc) is 3.18. The number of benzene rings is 2. The van der Waals surface area contributed by atoms with Gasteiger partial charge in [-0.05, 0) is 49.0 Å². The lowest BCUT2D eigenvalue weighted by Crippen LogP contribution is -2.18. The zero-order chi connectivity index (χ0) is 22.6. The Morgan fingerprint density at radius 2 is 1.74 bits per heavy atom. The van der Waals surface area contributed by atoms with Crippen LogP contribution >= 0.6 is 11.3 Å². The number of sulfonamides is 1. The van der Waals surface area contributed by atoms with Crippen LogP contribution in [-0.2, 0) is 14.8 Å². The molecular formula is C20H21N3O6S2. The Bertz CT molecular complexity index is 1230. The van der Waals surface area contributed by atoms with Crippen molar-refractivity contribution in [3.05, 3.63) is 42.0 Å². The van der Waals surface area contributed by atoms with E-state index in [1.165, 1.54) is 57.9 Å². The van der Waals surface area contributed by atoms with E-state index in [0.29, 0.717) is 38.2 Å². The molecule has 0 fully saturated rings. The van der Waals surface area contributed by atoms with Crippen molar-refractivity contribution in [2.24, 2.45) is 0 Å². The topological polar surface area (TPSA) is 116 Å². The highest BCUT2D eigenvalue weighted by Gasteiger charge is 2.15. The zero-order valence-electron chi connectivity index (χ0n) is 17.3. The lowest BCUT2D eigenvalue weighted by Gasteiger charge is -2.12. The van der Waals surface area contributed by atoms with Gasteiger partial charge in [0.15, 0.2) is 16.6 Å². The molecule has 0 aliphatic heterocycles. The predicted molar refractivity (Wildman–Crippen MR) is 120 cm³/mol. The second-order valence-electron chi connectivity index (χ2n) is 6.14. The Morgan fingerprint density at radius 1 is 1.06 bits per heavy atom. The second kappa shape index (κ2) is 9.33. The Kier molecular flexibility index (Phi) is 6.78. The molecule has 1 aromatic heterocycles. The summed E-state index contributed by atoms with van der Waals surface area (Å²) in [6, 6.07) is 8.00. The lowest BCUT2D eigenvalue weighted by molar-refractivity contribution is -0.111. The van der Waals surface area contributed by atoms with Crippen molar-refractivity contribution < 1.29 is 27.4 Å². The molecule has 2 N–H and O–H groups in total. The number of thiazole rings is 1. The van der Waals surface area contributed by atoms with Crippen LogP contribution in [0.2, 0.25) is 0 Å². The number of methoxy groups -OCH3 is 3. The largest absolute Gasteiger partial charge is 0.493 e. The van der Waals surface area contributed by atoms with Crippen molar-refractivity contribution in [3.8, 4) is 17.2 Å². The van der Waals surface area contributed by atoms with Gasteiger partial charge in [-0.1, -0.05) is 11.3 Å². The van der Waals surface area contributed by atoms with Gasteiger partial charge in [-0.3, -0.25) is 10.1 Å². The van der Waals surface area contributed by atoms with E-state index in [0.717, 1.165) is 0 Å². The van der Waals surface area contributed by atoms with Gasteiger partial charge < -0.3 is 14.2 Å². The predicted octanol–water partition coefficient (Wildman–Crippen LogP) is 2.88. The summed E-state index contributed by atoms with van der Waals surface area (Å²) < 4.78 is 42.7. The molecule has 0 spiro atoms. The van der Waals surface area contributed by atoms with Gasteiger partial charge in [0, 0.05) is 6.08 Å². The minimum absolute atomic E-state index is 0.131. The van der Waals surface area contributed by atoms with Crippen molar-refractivity contribution >= 4 is 48.7 Å². The molecule has 0 bridgehead atoms. The van der Waals surface area contributed by atoms with E-state index in [1.807, 2.05) is 0 Å². The first-order chi connectivity index (χ1) is 14.8. The van der Waals surface area contributed by atoms with Crippen LogP contribution in [0.5, 0.6) is 17.2 Å². The first-order valence-corrected chi connectivity index (χ1v) is 11.2. The molecule has 0 saturated heterocycles. The molecule has 1 heterocycles. The SMILES string of the molecule is CNS(=O)(=O)c1ccc2nc(NC(=O)C=Cc3cc(OC)c(OC)c(OC)c3)sc2c1. The Hall–Kier alpha value is -3.15. The van der Waals surface area contributed by atoms with Gasteiger partial charge in [-0.15, -0.1) is 0 Å². The van der Waals surface area contributed by atoms with Crippen molar-refractivity contribution in [1.29, 1.82) is 0 Å². The number of carbonyl (C=O) groups excluding carboxylic acids is 1. The lowest BCUT2D eigenvalue weighted by atomic mass is 10.1. The summed E-state index contributed by atoms with van der Waals surface area (Å²) in [6.07, 6.45) is 2.95. The molecule has 0 atom stereocenters. The molecule has 0 aliphatic carbocycles. The fourth-order valence-electron chi connectivity index (χ4n) is 2.76. The minimum Gasteiger partial charge on any atom is -0.493 e. The molecule has 0 saturated carbocycles. The molecule has 11 heteroatoms. The van der Waals surface area contributed by atoms with Gasteiger partial charge in [0.25, 0.3) is 0 Å². The normalized spacial score (nSPS) is 11.6. The molecule has 0 aliphatic rings. The standard InChI is InChI=1S/C20H21N3O6S2/c1-21-31(25,26)13-6-7-14-17(11-13)30-20(22-14)23-18(24)8-5-12-9-15(27-2)19(29-4)16(10-12)28-3/h5-11,21H,1-4H3,(H,22,23,24). The van der Waals surface area contributed by atoms with Crippen LogP contribution in [0, 0.1) is 0 Å². The average molecular weight is 464 g/mol. The van der Waals surface area contributed by atoms with E-state index in [1.54, 1.807) is 24.3 Å². The number of hydrogen-bond acceptors (Lipinski definition) is 8. The molecule has 1 amide bonds. The molecule has 0 unspecified atom stereocenters. The third-order valence-corrected chi connectivity index (χ3v) is 6.63.